The Morgan fingerprint density at radius 3 is 2.52 bits per heavy atom. The number of benzene rings is 1. The van der Waals surface area contributed by atoms with Gasteiger partial charge in [-0.1, -0.05) is 18.2 Å². The number of nitrogens with one attached hydrogen (secondary N) is 1. The van der Waals surface area contributed by atoms with Crippen molar-refractivity contribution in [2.24, 2.45) is 0 Å². The summed E-state index contributed by atoms with van der Waals surface area (Å²) >= 11 is 5.48. The van der Waals surface area contributed by atoms with E-state index in [1.807, 2.05) is 55.3 Å². The smallest absolute Gasteiger partial charge is 0.188 e. The molecule has 0 radical (unpaired) electrons. The van der Waals surface area contributed by atoms with Crippen LogP contribution in [0.5, 0.6) is 0 Å². The molecule has 1 aliphatic heterocycles. The molecule has 0 amide bonds. The second-order valence-electron chi connectivity index (χ2n) is 5.49. The van der Waals surface area contributed by atoms with E-state index in [0.29, 0.717) is 11.5 Å². The van der Waals surface area contributed by atoms with E-state index in [1.165, 1.54) is 0 Å². The van der Waals surface area contributed by atoms with E-state index in [2.05, 4.69) is 5.32 Å². The SMILES string of the molecule is Cc1ccccc1NC(=S)N([C@@H]1CCS(=O)(=O)C1)N(C)C. The van der Waals surface area contributed by atoms with Gasteiger partial charge in [0.15, 0.2) is 14.9 Å². The van der Waals surface area contributed by atoms with Crippen LogP contribution in [-0.4, -0.2) is 55.2 Å². The van der Waals surface area contributed by atoms with Gasteiger partial charge in [-0.15, -0.1) is 0 Å². The van der Waals surface area contributed by atoms with E-state index in [9.17, 15) is 8.42 Å². The first kappa shape index (κ1) is 16.2. The largest absolute Gasteiger partial charge is 0.331 e. The highest BCUT2D eigenvalue weighted by molar-refractivity contribution is 7.91. The number of rotatable bonds is 3. The van der Waals surface area contributed by atoms with Gasteiger partial charge in [-0.25, -0.2) is 13.4 Å². The van der Waals surface area contributed by atoms with Crippen molar-refractivity contribution in [2.75, 3.05) is 30.9 Å². The minimum absolute atomic E-state index is 0.103. The van der Waals surface area contributed by atoms with Gasteiger partial charge in [-0.05, 0) is 37.2 Å². The van der Waals surface area contributed by atoms with Crippen molar-refractivity contribution in [3.05, 3.63) is 29.8 Å². The Kier molecular flexibility index (Phi) is 4.85. The Hall–Kier alpha value is -1.18. The Bertz CT molecular complexity index is 629. The number of hydrazine groups is 1. The number of hydrogen-bond acceptors (Lipinski definition) is 4. The molecule has 1 aliphatic rings. The summed E-state index contributed by atoms with van der Waals surface area (Å²) in [6.45, 7) is 2.00. The summed E-state index contributed by atoms with van der Waals surface area (Å²) in [4.78, 5) is 0. The van der Waals surface area contributed by atoms with E-state index in [0.717, 1.165) is 11.3 Å². The van der Waals surface area contributed by atoms with Crippen LogP contribution in [0.15, 0.2) is 24.3 Å². The van der Waals surface area contributed by atoms with Crippen LogP contribution in [-0.2, 0) is 9.84 Å². The Labute approximate surface area is 131 Å². The lowest BCUT2D eigenvalue weighted by Gasteiger charge is -2.36. The van der Waals surface area contributed by atoms with E-state index in [-0.39, 0.29) is 17.5 Å². The lowest BCUT2D eigenvalue weighted by molar-refractivity contribution is 0.0757. The lowest BCUT2D eigenvalue weighted by atomic mass is 10.2. The quantitative estimate of drug-likeness (QED) is 0.673. The summed E-state index contributed by atoms with van der Waals surface area (Å²) in [5.41, 5.74) is 2.04. The highest BCUT2D eigenvalue weighted by atomic mass is 32.2. The molecule has 1 heterocycles. The number of anilines is 1. The Morgan fingerprint density at radius 2 is 2.00 bits per heavy atom. The Balaban J connectivity index is 2.16. The molecule has 0 aromatic heterocycles. The number of hydrogen-bond donors (Lipinski definition) is 1. The monoisotopic (exact) mass is 327 g/mol. The summed E-state index contributed by atoms with van der Waals surface area (Å²) in [5, 5.41) is 7.44. The maximum Gasteiger partial charge on any atom is 0.188 e. The van der Waals surface area contributed by atoms with Crippen LogP contribution < -0.4 is 5.32 Å². The lowest BCUT2D eigenvalue weighted by Crippen LogP contribution is -2.51. The van der Waals surface area contributed by atoms with Crippen molar-refractivity contribution in [2.45, 2.75) is 19.4 Å². The van der Waals surface area contributed by atoms with Crippen molar-refractivity contribution in [1.29, 1.82) is 0 Å². The molecule has 1 aromatic carbocycles. The van der Waals surface area contributed by atoms with Gasteiger partial charge in [0.2, 0.25) is 0 Å². The zero-order valence-corrected chi connectivity index (χ0v) is 14.2. The zero-order chi connectivity index (χ0) is 15.6. The maximum atomic E-state index is 11.7. The summed E-state index contributed by atoms with van der Waals surface area (Å²) in [5.74, 6) is 0.385. The second kappa shape index (κ2) is 6.29. The van der Waals surface area contributed by atoms with Crippen molar-refractivity contribution < 1.29 is 8.42 Å². The van der Waals surface area contributed by atoms with Gasteiger partial charge in [0.1, 0.15) is 0 Å². The first-order valence-corrected chi connectivity index (χ1v) is 9.06. The first-order valence-electron chi connectivity index (χ1n) is 6.83. The highest BCUT2D eigenvalue weighted by Gasteiger charge is 2.34. The third kappa shape index (κ3) is 3.93. The van der Waals surface area contributed by atoms with Crippen LogP contribution in [0, 0.1) is 6.92 Å². The van der Waals surface area contributed by atoms with Gasteiger partial charge < -0.3 is 5.32 Å². The predicted molar refractivity (Wildman–Crippen MR) is 90.0 cm³/mol. The molecule has 0 unspecified atom stereocenters. The van der Waals surface area contributed by atoms with Crippen molar-refractivity contribution >= 4 is 32.9 Å². The minimum atomic E-state index is -2.94. The maximum absolute atomic E-state index is 11.7. The molecule has 2 rings (SSSR count). The van der Waals surface area contributed by atoms with Gasteiger partial charge in [-0.2, -0.15) is 0 Å². The van der Waals surface area contributed by atoms with E-state index in [4.69, 9.17) is 12.2 Å². The summed E-state index contributed by atoms with van der Waals surface area (Å²) in [7, 11) is 0.799. The topological polar surface area (TPSA) is 52.7 Å². The molecule has 1 fully saturated rings. The van der Waals surface area contributed by atoms with Gasteiger partial charge in [0.05, 0.1) is 17.5 Å². The molecule has 21 heavy (non-hydrogen) atoms. The molecular formula is C14H21N3O2S2. The van der Waals surface area contributed by atoms with Gasteiger partial charge in [-0.3, -0.25) is 5.01 Å². The highest BCUT2D eigenvalue weighted by Crippen LogP contribution is 2.21. The van der Waals surface area contributed by atoms with Gasteiger partial charge in [0, 0.05) is 19.8 Å². The van der Waals surface area contributed by atoms with Gasteiger partial charge in [0.25, 0.3) is 0 Å². The first-order chi connectivity index (χ1) is 9.80. The van der Waals surface area contributed by atoms with E-state index >= 15 is 0 Å². The van der Waals surface area contributed by atoms with Crippen LogP contribution in [0.3, 0.4) is 0 Å². The number of aryl methyl sites for hydroxylation is 1. The second-order valence-corrected chi connectivity index (χ2v) is 8.11. The van der Waals surface area contributed by atoms with E-state index in [1.54, 1.807) is 0 Å². The third-order valence-corrected chi connectivity index (χ3v) is 5.62. The molecule has 0 bridgehead atoms. The molecule has 1 aromatic rings. The molecule has 5 nitrogen and oxygen atoms in total. The molecule has 0 saturated carbocycles. The average Bonchev–Trinajstić information content (AvgIpc) is 2.72. The van der Waals surface area contributed by atoms with Crippen LogP contribution in [0.25, 0.3) is 0 Å². The van der Waals surface area contributed by atoms with Crippen molar-refractivity contribution in [3.63, 3.8) is 0 Å². The van der Waals surface area contributed by atoms with Crippen LogP contribution in [0.1, 0.15) is 12.0 Å². The molecule has 116 valence electrons. The summed E-state index contributed by atoms with van der Waals surface area (Å²) in [6.07, 6.45) is 0.607. The number of sulfone groups is 1. The van der Waals surface area contributed by atoms with Crippen molar-refractivity contribution in [3.8, 4) is 0 Å². The summed E-state index contributed by atoms with van der Waals surface area (Å²) in [6, 6.07) is 7.77. The molecular weight excluding hydrogens is 306 g/mol. The van der Waals surface area contributed by atoms with Gasteiger partial charge >= 0.3 is 0 Å². The van der Waals surface area contributed by atoms with Crippen LogP contribution in [0.4, 0.5) is 5.69 Å². The fourth-order valence-corrected chi connectivity index (χ4v) is 4.64. The molecule has 1 atom stereocenters. The van der Waals surface area contributed by atoms with Crippen LogP contribution >= 0.6 is 12.2 Å². The van der Waals surface area contributed by atoms with E-state index < -0.39 is 9.84 Å². The molecule has 1 N–H and O–H groups in total. The number of para-hydroxylation sites is 1. The van der Waals surface area contributed by atoms with Crippen molar-refractivity contribution in [1.82, 2.24) is 10.0 Å². The average molecular weight is 327 g/mol. The number of thiocarbonyl (C=S) groups is 1. The molecule has 0 spiro atoms. The summed E-state index contributed by atoms with van der Waals surface area (Å²) < 4.78 is 23.4. The minimum Gasteiger partial charge on any atom is -0.331 e. The normalized spacial score (nSPS) is 20.5. The molecule has 0 aliphatic carbocycles. The third-order valence-electron chi connectivity index (χ3n) is 3.58. The predicted octanol–water partition coefficient (Wildman–Crippen LogP) is 1.66. The molecule has 1 saturated heterocycles. The number of nitrogens with zero attached hydrogens (tertiary/aromatic N) is 2. The molecule has 7 heteroatoms. The van der Waals surface area contributed by atoms with Crippen LogP contribution in [0.2, 0.25) is 0 Å². The fourth-order valence-electron chi connectivity index (χ4n) is 2.53. The standard InChI is InChI=1S/C14H21N3O2S2/c1-11-6-4-5-7-13(11)15-14(20)17(16(2)3)12-8-9-21(18,19)10-12/h4-7,12H,8-10H2,1-3H3,(H,15,20)/t12-/m1/s1. The Morgan fingerprint density at radius 1 is 1.33 bits per heavy atom. The zero-order valence-electron chi connectivity index (χ0n) is 12.5. The fraction of sp³-hybridized carbons (Fsp3) is 0.500.